The fourth-order valence-corrected chi connectivity index (χ4v) is 3.86. The van der Waals surface area contributed by atoms with Gasteiger partial charge in [0.15, 0.2) is 0 Å². The van der Waals surface area contributed by atoms with Crippen molar-refractivity contribution in [1.82, 2.24) is 14.9 Å². The van der Waals surface area contributed by atoms with E-state index in [1.165, 1.54) is 16.6 Å². The number of rotatable bonds is 11. The van der Waals surface area contributed by atoms with E-state index >= 15 is 0 Å². The molecule has 0 aliphatic carbocycles. The molecule has 31 heavy (non-hydrogen) atoms. The molecule has 1 heterocycles. The van der Waals surface area contributed by atoms with Crippen LogP contribution in [0.25, 0.3) is 11.0 Å². The predicted octanol–water partition coefficient (Wildman–Crippen LogP) is 6.08. The van der Waals surface area contributed by atoms with E-state index in [0.29, 0.717) is 5.92 Å². The van der Waals surface area contributed by atoms with Gasteiger partial charge in [0.1, 0.15) is 5.82 Å². The summed E-state index contributed by atoms with van der Waals surface area (Å²) in [5.74, 6) is 1.95. The first-order valence-electron chi connectivity index (χ1n) is 11.8. The Morgan fingerprint density at radius 3 is 2.45 bits per heavy atom. The first-order valence-corrected chi connectivity index (χ1v) is 11.8. The van der Waals surface area contributed by atoms with Crippen molar-refractivity contribution in [2.24, 2.45) is 5.92 Å². The summed E-state index contributed by atoms with van der Waals surface area (Å²) in [7, 11) is 0. The van der Waals surface area contributed by atoms with Crippen LogP contribution in [0.4, 0.5) is 0 Å². The second kappa shape index (κ2) is 11.1. The molecule has 0 saturated heterocycles. The van der Waals surface area contributed by atoms with Crippen molar-refractivity contribution in [3.8, 4) is 0 Å². The molecular formula is C27H37N3O. The molecule has 1 atom stereocenters. The summed E-state index contributed by atoms with van der Waals surface area (Å²) in [6.07, 6.45) is 5.29. The highest BCUT2D eigenvalue weighted by atomic mass is 16.1. The van der Waals surface area contributed by atoms with Gasteiger partial charge in [-0.05, 0) is 48.4 Å². The Morgan fingerprint density at radius 2 is 1.74 bits per heavy atom. The maximum atomic E-state index is 11.7. The average Bonchev–Trinajstić information content (AvgIpc) is 3.13. The number of amides is 1. The fourth-order valence-electron chi connectivity index (χ4n) is 3.86. The maximum absolute atomic E-state index is 11.7. The summed E-state index contributed by atoms with van der Waals surface area (Å²) in [6, 6.07) is 17.5. The largest absolute Gasteiger partial charge is 0.356 e. The van der Waals surface area contributed by atoms with Crippen LogP contribution in [-0.2, 0) is 17.8 Å². The van der Waals surface area contributed by atoms with Crippen LogP contribution in [0.15, 0.2) is 48.5 Å². The van der Waals surface area contributed by atoms with Crippen molar-refractivity contribution < 1.29 is 4.79 Å². The first-order chi connectivity index (χ1) is 15.0. The molecule has 2 aromatic carbocycles. The number of fused-ring (bicyclic) bond motifs is 1. The lowest BCUT2D eigenvalue weighted by atomic mass is 9.97. The molecule has 1 unspecified atom stereocenters. The minimum Gasteiger partial charge on any atom is -0.356 e. The van der Waals surface area contributed by atoms with E-state index in [1.807, 2.05) is 13.8 Å². The number of carbonyl (C=O) groups is 1. The van der Waals surface area contributed by atoms with Gasteiger partial charge in [-0.2, -0.15) is 0 Å². The van der Waals surface area contributed by atoms with Crippen LogP contribution >= 0.6 is 0 Å². The Morgan fingerprint density at radius 1 is 1.00 bits per heavy atom. The second-order valence-corrected chi connectivity index (χ2v) is 8.91. The average molecular weight is 420 g/mol. The molecule has 0 bridgehead atoms. The van der Waals surface area contributed by atoms with Gasteiger partial charge in [-0.3, -0.25) is 4.79 Å². The third-order valence-corrected chi connectivity index (χ3v) is 6.14. The molecule has 0 aliphatic rings. The molecule has 4 heteroatoms. The van der Waals surface area contributed by atoms with Gasteiger partial charge in [-0.25, -0.2) is 4.98 Å². The Bertz CT molecular complexity index is 972. The van der Waals surface area contributed by atoms with Gasteiger partial charge in [-0.15, -0.1) is 0 Å². The Balaban J connectivity index is 1.64. The SMILES string of the molecule is CCC(C)c1ccc(Cn2c(CCCCCNC(=O)C(C)C)nc3ccccc32)cc1. The van der Waals surface area contributed by atoms with E-state index in [0.717, 1.165) is 56.5 Å². The van der Waals surface area contributed by atoms with E-state index < -0.39 is 0 Å². The summed E-state index contributed by atoms with van der Waals surface area (Å²) < 4.78 is 2.37. The van der Waals surface area contributed by atoms with Crippen LogP contribution < -0.4 is 5.32 Å². The van der Waals surface area contributed by atoms with Crippen LogP contribution in [0.3, 0.4) is 0 Å². The predicted molar refractivity (Wildman–Crippen MR) is 129 cm³/mol. The normalized spacial score (nSPS) is 12.4. The van der Waals surface area contributed by atoms with E-state index in [-0.39, 0.29) is 11.8 Å². The quantitative estimate of drug-likeness (QED) is 0.383. The van der Waals surface area contributed by atoms with E-state index in [2.05, 4.69) is 72.3 Å². The van der Waals surface area contributed by atoms with Crippen LogP contribution in [0.2, 0.25) is 0 Å². The monoisotopic (exact) mass is 419 g/mol. The van der Waals surface area contributed by atoms with Crippen molar-refractivity contribution in [3.63, 3.8) is 0 Å². The molecule has 0 spiro atoms. The molecule has 0 fully saturated rings. The molecular weight excluding hydrogens is 382 g/mol. The minimum absolute atomic E-state index is 0.0548. The highest BCUT2D eigenvalue weighted by molar-refractivity contribution is 5.77. The Labute approximate surface area is 187 Å². The van der Waals surface area contributed by atoms with Crippen LogP contribution in [0, 0.1) is 5.92 Å². The molecule has 0 saturated carbocycles. The smallest absolute Gasteiger partial charge is 0.222 e. The summed E-state index contributed by atoms with van der Waals surface area (Å²) in [4.78, 5) is 16.6. The van der Waals surface area contributed by atoms with Gasteiger partial charge in [0.2, 0.25) is 5.91 Å². The zero-order chi connectivity index (χ0) is 22.2. The fraction of sp³-hybridized carbons (Fsp3) is 0.481. The third-order valence-electron chi connectivity index (χ3n) is 6.14. The van der Waals surface area contributed by atoms with E-state index in [4.69, 9.17) is 4.98 Å². The summed E-state index contributed by atoms with van der Waals surface area (Å²) in [6.45, 7) is 9.98. The van der Waals surface area contributed by atoms with Crippen LogP contribution in [0.1, 0.15) is 76.2 Å². The number of imidazole rings is 1. The van der Waals surface area contributed by atoms with Gasteiger partial charge in [0.25, 0.3) is 0 Å². The highest BCUT2D eigenvalue weighted by Crippen LogP contribution is 2.22. The summed E-state index contributed by atoms with van der Waals surface area (Å²) in [5.41, 5.74) is 4.99. The van der Waals surface area contributed by atoms with Gasteiger partial charge >= 0.3 is 0 Å². The van der Waals surface area contributed by atoms with Gasteiger partial charge in [0.05, 0.1) is 11.0 Å². The van der Waals surface area contributed by atoms with Crippen molar-refractivity contribution in [3.05, 3.63) is 65.5 Å². The maximum Gasteiger partial charge on any atom is 0.222 e. The van der Waals surface area contributed by atoms with Crippen molar-refractivity contribution in [1.29, 1.82) is 0 Å². The molecule has 3 rings (SSSR count). The van der Waals surface area contributed by atoms with Gasteiger partial charge in [-0.1, -0.05) is 70.5 Å². The third kappa shape index (κ3) is 6.19. The van der Waals surface area contributed by atoms with Gasteiger partial charge < -0.3 is 9.88 Å². The zero-order valence-corrected chi connectivity index (χ0v) is 19.5. The second-order valence-electron chi connectivity index (χ2n) is 8.91. The van der Waals surface area contributed by atoms with Gasteiger partial charge in [0, 0.05) is 25.4 Å². The minimum atomic E-state index is 0.0548. The summed E-state index contributed by atoms with van der Waals surface area (Å²) >= 11 is 0. The number of nitrogens with zero attached hydrogens (tertiary/aromatic N) is 2. The number of para-hydroxylation sites is 2. The lowest BCUT2D eigenvalue weighted by Gasteiger charge is -2.12. The number of nitrogens with one attached hydrogen (secondary N) is 1. The number of unbranched alkanes of at least 4 members (excludes halogenated alkanes) is 2. The molecule has 1 amide bonds. The lowest BCUT2D eigenvalue weighted by molar-refractivity contribution is -0.123. The number of hydrogen-bond donors (Lipinski definition) is 1. The molecule has 0 aliphatic heterocycles. The van der Waals surface area contributed by atoms with Crippen molar-refractivity contribution in [2.75, 3.05) is 6.54 Å². The topological polar surface area (TPSA) is 46.9 Å². The standard InChI is InChI=1S/C27H37N3O/c1-5-21(4)23-16-14-22(15-17-23)19-30-25-12-9-8-11-24(25)29-26(30)13-7-6-10-18-28-27(31)20(2)3/h8-9,11-12,14-17,20-21H,5-7,10,13,18-19H2,1-4H3,(H,28,31). The molecule has 1 aromatic heterocycles. The molecule has 3 aromatic rings. The molecule has 1 N–H and O–H groups in total. The zero-order valence-electron chi connectivity index (χ0n) is 19.5. The Kier molecular flexibility index (Phi) is 8.27. The van der Waals surface area contributed by atoms with Crippen LogP contribution in [-0.4, -0.2) is 22.0 Å². The van der Waals surface area contributed by atoms with E-state index in [9.17, 15) is 4.79 Å². The number of carbonyl (C=O) groups excluding carboxylic acids is 1. The van der Waals surface area contributed by atoms with Crippen LogP contribution in [0.5, 0.6) is 0 Å². The Hall–Kier alpha value is -2.62. The lowest BCUT2D eigenvalue weighted by Crippen LogP contribution is -2.28. The number of hydrogen-bond acceptors (Lipinski definition) is 2. The van der Waals surface area contributed by atoms with Crippen molar-refractivity contribution in [2.45, 2.75) is 72.3 Å². The molecule has 0 radical (unpaired) electrons. The highest BCUT2D eigenvalue weighted by Gasteiger charge is 2.12. The summed E-state index contributed by atoms with van der Waals surface area (Å²) in [5, 5.41) is 3.00. The first kappa shape index (κ1) is 23.1. The molecule has 166 valence electrons. The number of benzene rings is 2. The number of aryl methyl sites for hydroxylation is 1. The number of aromatic nitrogens is 2. The van der Waals surface area contributed by atoms with E-state index in [1.54, 1.807) is 0 Å². The van der Waals surface area contributed by atoms with Crippen molar-refractivity contribution >= 4 is 16.9 Å². The molecule has 4 nitrogen and oxygen atoms in total.